The predicted molar refractivity (Wildman–Crippen MR) is 93.2 cm³/mol. The number of aromatic carboxylic acids is 1. The van der Waals surface area contributed by atoms with Gasteiger partial charge >= 0.3 is 5.97 Å². The number of carboxylic acid groups (broad SMARTS) is 1. The number of rotatable bonds is 4. The zero-order valence-corrected chi connectivity index (χ0v) is 14.5. The highest BCUT2D eigenvalue weighted by atomic mass is 35.5. The minimum Gasteiger partial charge on any atom is -0.478 e. The summed E-state index contributed by atoms with van der Waals surface area (Å²) in [7, 11) is 0. The third kappa shape index (κ3) is 5.50. The van der Waals surface area contributed by atoms with E-state index in [0.717, 1.165) is 6.07 Å². The van der Waals surface area contributed by atoms with Gasteiger partial charge in [0.05, 0.1) is 15.4 Å². The number of carboxylic acids is 1. The fourth-order valence-electron chi connectivity index (χ4n) is 1.66. The van der Waals surface area contributed by atoms with Crippen LogP contribution in [0, 0.1) is 20.2 Å². The predicted octanol–water partition coefficient (Wildman–Crippen LogP) is 4.40. The van der Waals surface area contributed by atoms with Crippen LogP contribution in [-0.2, 0) is 0 Å². The van der Waals surface area contributed by atoms with Crippen molar-refractivity contribution in [3.8, 4) is 0 Å². The molecule has 2 rings (SSSR count). The molecule has 0 atom stereocenters. The molecule has 1 N–H and O–H groups in total. The van der Waals surface area contributed by atoms with Crippen LogP contribution in [0.4, 0.5) is 11.4 Å². The smallest absolute Gasteiger partial charge is 0.335 e. The van der Waals surface area contributed by atoms with E-state index in [1.165, 1.54) is 37.3 Å². The Morgan fingerprint density at radius 3 is 1.62 bits per heavy atom. The molecule has 9 nitrogen and oxygen atoms in total. The van der Waals surface area contributed by atoms with Gasteiger partial charge < -0.3 is 5.11 Å². The van der Waals surface area contributed by atoms with Crippen LogP contribution >= 0.6 is 23.2 Å². The SMILES string of the molecule is CC(=O)c1ccc(Cl)c([N+](=O)[O-])c1.O=C(O)c1ccc(Cl)c([N+](=O)[O-])c1. The van der Waals surface area contributed by atoms with Crippen LogP contribution in [0.5, 0.6) is 0 Å². The van der Waals surface area contributed by atoms with Gasteiger partial charge in [0.15, 0.2) is 5.78 Å². The number of nitro groups is 2. The normalized spacial score (nSPS) is 9.65. The molecule has 0 aliphatic rings. The highest BCUT2D eigenvalue weighted by molar-refractivity contribution is 6.33. The average molecular weight is 401 g/mol. The van der Waals surface area contributed by atoms with Crippen LogP contribution in [0.1, 0.15) is 27.6 Å². The van der Waals surface area contributed by atoms with Crippen molar-refractivity contribution < 1.29 is 24.5 Å². The van der Waals surface area contributed by atoms with Crippen molar-refractivity contribution in [1.82, 2.24) is 0 Å². The molecule has 0 heterocycles. The largest absolute Gasteiger partial charge is 0.478 e. The fraction of sp³-hybridized carbons (Fsp3) is 0.0667. The summed E-state index contributed by atoms with van der Waals surface area (Å²) in [5.74, 6) is -1.44. The van der Waals surface area contributed by atoms with E-state index in [2.05, 4.69) is 0 Å². The van der Waals surface area contributed by atoms with E-state index in [0.29, 0.717) is 0 Å². The molecule has 0 aliphatic heterocycles. The molecule has 0 aromatic heterocycles. The van der Waals surface area contributed by atoms with Crippen molar-refractivity contribution in [2.75, 3.05) is 0 Å². The van der Waals surface area contributed by atoms with Gasteiger partial charge in [-0.25, -0.2) is 4.79 Å². The number of Topliss-reactive ketones (excluding diaryl/α,β-unsaturated/α-hetero) is 1. The summed E-state index contributed by atoms with van der Waals surface area (Å²) in [4.78, 5) is 40.7. The lowest BCUT2D eigenvalue weighted by Gasteiger charge is -1.97. The second-order valence-corrected chi connectivity index (χ2v) is 5.52. The molecular weight excluding hydrogens is 391 g/mol. The maximum absolute atomic E-state index is 10.9. The minimum atomic E-state index is -1.22. The first-order valence-corrected chi connectivity index (χ1v) is 7.42. The van der Waals surface area contributed by atoms with E-state index in [-0.39, 0.29) is 32.6 Å². The van der Waals surface area contributed by atoms with Gasteiger partial charge in [0.2, 0.25) is 0 Å². The standard InChI is InChI=1S/C8H6ClNO3.C7H4ClNO4/c1-5(11)6-2-3-7(9)8(4-6)10(12)13;8-5-2-1-4(7(10)11)3-6(5)9(12)13/h2-4H,1H3;1-3H,(H,10,11). The Kier molecular flexibility index (Phi) is 7.17. The number of nitro benzene ring substituents is 2. The van der Waals surface area contributed by atoms with Gasteiger partial charge in [0.25, 0.3) is 11.4 Å². The Labute approximate surface area is 156 Å². The highest BCUT2D eigenvalue weighted by Gasteiger charge is 2.15. The molecule has 0 radical (unpaired) electrons. The van der Waals surface area contributed by atoms with Gasteiger partial charge in [-0.05, 0) is 31.2 Å². The molecule has 0 amide bonds. The second-order valence-electron chi connectivity index (χ2n) is 4.71. The molecule has 2 aromatic carbocycles. The number of hydrogen-bond acceptors (Lipinski definition) is 6. The van der Waals surface area contributed by atoms with Gasteiger partial charge in [0, 0.05) is 17.7 Å². The Hall–Kier alpha value is -3.04. The van der Waals surface area contributed by atoms with Crippen molar-refractivity contribution in [2.45, 2.75) is 6.92 Å². The maximum Gasteiger partial charge on any atom is 0.335 e. The molecule has 0 spiro atoms. The Balaban J connectivity index is 0.000000260. The average Bonchev–Trinajstić information content (AvgIpc) is 2.55. The molecule has 136 valence electrons. The minimum absolute atomic E-state index is 0.0370. The van der Waals surface area contributed by atoms with Crippen molar-refractivity contribution in [1.29, 1.82) is 0 Å². The lowest BCUT2D eigenvalue weighted by Crippen LogP contribution is -1.98. The highest BCUT2D eigenvalue weighted by Crippen LogP contribution is 2.25. The zero-order valence-electron chi connectivity index (χ0n) is 13.0. The Morgan fingerprint density at radius 2 is 1.27 bits per heavy atom. The lowest BCUT2D eigenvalue weighted by atomic mass is 10.1. The van der Waals surface area contributed by atoms with Crippen molar-refractivity contribution >= 4 is 46.3 Å². The molecule has 0 saturated carbocycles. The summed E-state index contributed by atoms with van der Waals surface area (Å²) < 4.78 is 0. The lowest BCUT2D eigenvalue weighted by molar-refractivity contribution is -0.384. The maximum atomic E-state index is 10.9. The summed E-state index contributed by atoms with van der Waals surface area (Å²) in [6, 6.07) is 7.28. The van der Waals surface area contributed by atoms with Crippen LogP contribution in [0.15, 0.2) is 36.4 Å². The summed E-state index contributed by atoms with van der Waals surface area (Å²) in [5.41, 5.74) is -0.511. The summed E-state index contributed by atoms with van der Waals surface area (Å²) in [6.45, 7) is 1.34. The zero-order chi connectivity index (χ0) is 20.0. The van der Waals surface area contributed by atoms with E-state index in [1.807, 2.05) is 0 Å². The second kappa shape index (κ2) is 8.88. The van der Waals surface area contributed by atoms with Gasteiger partial charge in [-0.15, -0.1) is 0 Å². The Morgan fingerprint density at radius 1 is 0.885 bits per heavy atom. The molecule has 0 bridgehead atoms. The molecular formula is C15H10Cl2N2O7. The van der Waals surface area contributed by atoms with E-state index in [4.69, 9.17) is 28.3 Å². The molecule has 0 fully saturated rings. The summed E-state index contributed by atoms with van der Waals surface area (Å²) >= 11 is 11.0. The van der Waals surface area contributed by atoms with Crippen LogP contribution in [-0.4, -0.2) is 26.7 Å². The van der Waals surface area contributed by atoms with Crippen LogP contribution in [0.3, 0.4) is 0 Å². The molecule has 11 heteroatoms. The first kappa shape index (κ1) is 21.0. The van der Waals surface area contributed by atoms with E-state index in [1.54, 1.807) is 0 Å². The number of benzene rings is 2. The molecule has 2 aromatic rings. The van der Waals surface area contributed by atoms with Gasteiger partial charge in [-0.2, -0.15) is 0 Å². The van der Waals surface area contributed by atoms with Gasteiger partial charge in [-0.1, -0.05) is 23.2 Å². The quantitative estimate of drug-likeness (QED) is 0.455. The van der Waals surface area contributed by atoms with Crippen molar-refractivity contribution in [3.63, 3.8) is 0 Å². The molecule has 0 aliphatic carbocycles. The van der Waals surface area contributed by atoms with Crippen LogP contribution in [0.25, 0.3) is 0 Å². The van der Waals surface area contributed by atoms with E-state index < -0.39 is 21.5 Å². The number of carbonyl (C=O) groups is 2. The molecule has 0 unspecified atom stereocenters. The number of carbonyl (C=O) groups excluding carboxylic acids is 1. The van der Waals surface area contributed by atoms with E-state index in [9.17, 15) is 29.8 Å². The summed E-state index contributed by atoms with van der Waals surface area (Å²) in [5, 5.41) is 29.2. The number of nitrogens with zero attached hydrogens (tertiary/aromatic N) is 2. The van der Waals surface area contributed by atoms with Crippen LogP contribution in [0.2, 0.25) is 10.0 Å². The molecule has 26 heavy (non-hydrogen) atoms. The first-order valence-electron chi connectivity index (χ1n) is 6.66. The third-order valence-electron chi connectivity index (χ3n) is 2.94. The monoisotopic (exact) mass is 400 g/mol. The van der Waals surface area contributed by atoms with Gasteiger partial charge in [-0.3, -0.25) is 25.0 Å². The molecule has 0 saturated heterocycles. The number of halogens is 2. The van der Waals surface area contributed by atoms with Crippen molar-refractivity contribution in [3.05, 3.63) is 77.8 Å². The third-order valence-corrected chi connectivity index (χ3v) is 3.58. The fourth-order valence-corrected chi connectivity index (χ4v) is 2.03. The first-order chi connectivity index (χ1) is 12.0. The van der Waals surface area contributed by atoms with Crippen LogP contribution < -0.4 is 0 Å². The number of ketones is 1. The van der Waals surface area contributed by atoms with Crippen molar-refractivity contribution in [2.24, 2.45) is 0 Å². The number of hydrogen-bond donors (Lipinski definition) is 1. The van der Waals surface area contributed by atoms with Gasteiger partial charge in [0.1, 0.15) is 10.0 Å². The topological polar surface area (TPSA) is 141 Å². The van der Waals surface area contributed by atoms with E-state index >= 15 is 0 Å². The summed E-state index contributed by atoms with van der Waals surface area (Å²) in [6.07, 6.45) is 0. The Bertz CT molecular complexity index is 826.